The molecule has 3 N–H and O–H groups in total. The van der Waals surface area contributed by atoms with E-state index in [1.807, 2.05) is 0 Å². The molecule has 0 aliphatic heterocycles. The number of nitrogens with two attached hydrogens (primary N) is 1. The molecular formula is C15H22N2O3S. The first-order valence-corrected chi connectivity index (χ1v) is 8.65. The number of anilines is 2. The zero-order valence-electron chi connectivity index (χ0n) is 12.3. The number of nitrogens with one attached hydrogen (secondary N) is 1. The van der Waals surface area contributed by atoms with Crippen molar-refractivity contribution < 1.29 is 13.7 Å². The second kappa shape index (κ2) is 7.45. The van der Waals surface area contributed by atoms with E-state index in [1.54, 1.807) is 18.2 Å². The highest BCUT2D eigenvalue weighted by Gasteiger charge is 2.19. The summed E-state index contributed by atoms with van der Waals surface area (Å²) in [6.45, 7) is 0. The molecule has 1 fully saturated rings. The van der Waals surface area contributed by atoms with E-state index in [4.69, 9.17) is 10.5 Å². The molecule has 116 valence electrons. The predicted molar refractivity (Wildman–Crippen MR) is 85.9 cm³/mol. The maximum atomic E-state index is 12.0. The smallest absolute Gasteiger partial charge is 0.237 e. The summed E-state index contributed by atoms with van der Waals surface area (Å²) in [6, 6.07) is 5.03. The first-order chi connectivity index (χ1) is 10.1. The molecule has 1 atom stereocenters. The quantitative estimate of drug-likeness (QED) is 0.789. The second-order valence-corrected chi connectivity index (χ2v) is 6.91. The van der Waals surface area contributed by atoms with Gasteiger partial charge in [0.2, 0.25) is 5.91 Å². The van der Waals surface area contributed by atoms with Crippen LogP contribution < -0.4 is 15.8 Å². The van der Waals surface area contributed by atoms with Crippen molar-refractivity contribution in [3.8, 4) is 5.75 Å². The Kier molecular flexibility index (Phi) is 5.61. The average molecular weight is 310 g/mol. The summed E-state index contributed by atoms with van der Waals surface area (Å²) in [5.41, 5.74) is 6.76. The summed E-state index contributed by atoms with van der Waals surface area (Å²) in [7, 11) is 0.416. The van der Waals surface area contributed by atoms with Crippen molar-refractivity contribution in [1.29, 1.82) is 0 Å². The van der Waals surface area contributed by atoms with Gasteiger partial charge >= 0.3 is 0 Å². The van der Waals surface area contributed by atoms with Crippen LogP contribution in [0.5, 0.6) is 5.75 Å². The van der Waals surface area contributed by atoms with Gasteiger partial charge in [-0.15, -0.1) is 0 Å². The van der Waals surface area contributed by atoms with Gasteiger partial charge in [0.15, 0.2) is 0 Å². The molecule has 0 aromatic heterocycles. The third kappa shape index (κ3) is 4.74. The SMILES string of the molecule is COc1ccc(N)cc1NC(=O)CS(=O)CC1CCCC1. The highest BCUT2D eigenvalue weighted by Crippen LogP contribution is 2.27. The highest BCUT2D eigenvalue weighted by atomic mass is 32.2. The van der Waals surface area contributed by atoms with E-state index in [0.717, 1.165) is 12.8 Å². The molecule has 0 heterocycles. The van der Waals surface area contributed by atoms with Crippen LogP contribution in [0.3, 0.4) is 0 Å². The maximum absolute atomic E-state index is 12.0. The Morgan fingerprint density at radius 1 is 1.43 bits per heavy atom. The van der Waals surface area contributed by atoms with Crippen molar-refractivity contribution in [1.82, 2.24) is 0 Å². The molecule has 1 aromatic carbocycles. The summed E-state index contributed by atoms with van der Waals surface area (Å²) < 4.78 is 17.2. The van der Waals surface area contributed by atoms with Crippen molar-refractivity contribution in [2.24, 2.45) is 5.92 Å². The predicted octanol–water partition coefficient (Wildman–Crippen LogP) is 2.15. The normalized spacial score (nSPS) is 16.6. The molecule has 0 saturated heterocycles. The molecule has 21 heavy (non-hydrogen) atoms. The molecular weight excluding hydrogens is 288 g/mol. The number of ether oxygens (including phenoxy) is 1. The molecule has 1 aromatic rings. The van der Waals surface area contributed by atoms with Crippen LogP contribution in [0.15, 0.2) is 18.2 Å². The number of rotatable bonds is 6. The first kappa shape index (κ1) is 15.8. The van der Waals surface area contributed by atoms with Gasteiger partial charge in [0.25, 0.3) is 0 Å². The van der Waals surface area contributed by atoms with E-state index in [1.165, 1.54) is 20.0 Å². The summed E-state index contributed by atoms with van der Waals surface area (Å²) in [5.74, 6) is 1.44. The Labute approximate surface area is 127 Å². The molecule has 5 nitrogen and oxygen atoms in total. The Morgan fingerprint density at radius 2 is 2.14 bits per heavy atom. The van der Waals surface area contributed by atoms with Crippen LogP contribution in [-0.2, 0) is 15.6 Å². The minimum atomic E-state index is -1.11. The van der Waals surface area contributed by atoms with Crippen LogP contribution in [0.4, 0.5) is 11.4 Å². The third-order valence-corrected chi connectivity index (χ3v) is 5.11. The molecule has 2 rings (SSSR count). The van der Waals surface area contributed by atoms with Crippen molar-refractivity contribution in [2.45, 2.75) is 25.7 Å². The molecule has 1 saturated carbocycles. The second-order valence-electron chi connectivity index (χ2n) is 5.41. The van der Waals surface area contributed by atoms with E-state index in [9.17, 15) is 9.00 Å². The number of amides is 1. The fourth-order valence-electron chi connectivity index (χ4n) is 2.65. The van der Waals surface area contributed by atoms with E-state index in [0.29, 0.717) is 28.8 Å². The van der Waals surface area contributed by atoms with E-state index in [-0.39, 0.29) is 11.7 Å². The topological polar surface area (TPSA) is 81.4 Å². The average Bonchev–Trinajstić information content (AvgIpc) is 2.91. The third-order valence-electron chi connectivity index (χ3n) is 3.69. The number of carbonyl (C=O) groups excluding carboxylic acids is 1. The van der Waals surface area contributed by atoms with Crippen LogP contribution in [0.2, 0.25) is 0 Å². The van der Waals surface area contributed by atoms with E-state index < -0.39 is 10.8 Å². The van der Waals surface area contributed by atoms with Crippen LogP contribution in [0, 0.1) is 5.92 Å². The van der Waals surface area contributed by atoms with Gasteiger partial charge in [-0.05, 0) is 37.0 Å². The number of benzene rings is 1. The molecule has 1 amide bonds. The standard InChI is InChI=1S/C15H22N2O3S/c1-20-14-7-6-12(16)8-13(14)17-15(18)10-21(19)9-11-4-2-3-5-11/h6-8,11H,2-5,9-10,16H2,1H3,(H,17,18). The molecule has 0 spiro atoms. The Bertz CT molecular complexity index is 528. The van der Waals surface area contributed by atoms with E-state index in [2.05, 4.69) is 5.32 Å². The van der Waals surface area contributed by atoms with Gasteiger partial charge in [0.1, 0.15) is 11.5 Å². The summed E-state index contributed by atoms with van der Waals surface area (Å²) in [4.78, 5) is 12.0. The lowest BCUT2D eigenvalue weighted by Gasteiger charge is -2.12. The van der Waals surface area contributed by atoms with Crippen LogP contribution in [-0.4, -0.2) is 28.7 Å². The van der Waals surface area contributed by atoms with Gasteiger partial charge in [-0.25, -0.2) is 0 Å². The highest BCUT2D eigenvalue weighted by molar-refractivity contribution is 7.85. The minimum Gasteiger partial charge on any atom is -0.495 e. The van der Waals surface area contributed by atoms with Crippen LogP contribution in [0.1, 0.15) is 25.7 Å². The van der Waals surface area contributed by atoms with Gasteiger partial charge in [-0.3, -0.25) is 9.00 Å². The molecule has 6 heteroatoms. The zero-order chi connectivity index (χ0) is 15.2. The Morgan fingerprint density at radius 3 is 2.81 bits per heavy atom. The number of methoxy groups -OCH3 is 1. The Balaban J connectivity index is 1.89. The van der Waals surface area contributed by atoms with Crippen molar-refractivity contribution in [3.63, 3.8) is 0 Å². The molecule has 0 bridgehead atoms. The fourth-order valence-corrected chi connectivity index (χ4v) is 4.00. The zero-order valence-corrected chi connectivity index (χ0v) is 13.1. The number of hydrogen-bond acceptors (Lipinski definition) is 4. The lowest BCUT2D eigenvalue weighted by molar-refractivity contribution is -0.113. The molecule has 1 aliphatic carbocycles. The fraction of sp³-hybridized carbons (Fsp3) is 0.533. The van der Waals surface area contributed by atoms with Gasteiger partial charge in [-0.1, -0.05) is 12.8 Å². The summed E-state index contributed by atoms with van der Waals surface area (Å²) >= 11 is 0. The van der Waals surface area contributed by atoms with Gasteiger partial charge < -0.3 is 15.8 Å². The number of hydrogen-bond donors (Lipinski definition) is 2. The number of nitrogen functional groups attached to an aromatic ring is 1. The van der Waals surface area contributed by atoms with Crippen LogP contribution in [0.25, 0.3) is 0 Å². The summed E-state index contributed by atoms with van der Waals surface area (Å²) in [6.07, 6.45) is 4.70. The lowest BCUT2D eigenvalue weighted by atomic mass is 10.1. The Hall–Kier alpha value is -1.56. The van der Waals surface area contributed by atoms with Gasteiger partial charge in [-0.2, -0.15) is 0 Å². The molecule has 1 aliphatic rings. The van der Waals surface area contributed by atoms with E-state index >= 15 is 0 Å². The van der Waals surface area contributed by atoms with Crippen LogP contribution >= 0.6 is 0 Å². The first-order valence-electron chi connectivity index (χ1n) is 7.17. The van der Waals surface area contributed by atoms with Gasteiger partial charge in [0, 0.05) is 22.2 Å². The molecule has 0 radical (unpaired) electrons. The maximum Gasteiger partial charge on any atom is 0.237 e. The van der Waals surface area contributed by atoms with Crippen molar-refractivity contribution in [2.75, 3.05) is 29.7 Å². The summed E-state index contributed by atoms with van der Waals surface area (Å²) in [5, 5.41) is 2.72. The minimum absolute atomic E-state index is 0.0223. The molecule has 1 unspecified atom stereocenters. The monoisotopic (exact) mass is 310 g/mol. The number of carbonyl (C=O) groups is 1. The van der Waals surface area contributed by atoms with Crippen molar-refractivity contribution >= 4 is 28.1 Å². The largest absolute Gasteiger partial charge is 0.495 e. The lowest BCUT2D eigenvalue weighted by Crippen LogP contribution is -2.23. The van der Waals surface area contributed by atoms with Crippen molar-refractivity contribution in [3.05, 3.63) is 18.2 Å². The van der Waals surface area contributed by atoms with Gasteiger partial charge in [0.05, 0.1) is 12.8 Å².